The van der Waals surface area contributed by atoms with Crippen LogP contribution in [-0.4, -0.2) is 28.1 Å². The van der Waals surface area contributed by atoms with Crippen molar-refractivity contribution >= 4 is 5.91 Å². The summed E-state index contributed by atoms with van der Waals surface area (Å²) in [4.78, 5) is 12.9. The molecule has 1 aromatic rings. The van der Waals surface area contributed by atoms with Crippen molar-refractivity contribution in [3.05, 3.63) is 22.6 Å². The summed E-state index contributed by atoms with van der Waals surface area (Å²) >= 11 is 0. The number of quaternary nitrogens is 1. The summed E-state index contributed by atoms with van der Waals surface area (Å²) in [7, 11) is 0. The van der Waals surface area contributed by atoms with E-state index < -0.39 is 6.10 Å². The van der Waals surface area contributed by atoms with Crippen LogP contribution in [0.15, 0.2) is 4.42 Å². The van der Waals surface area contributed by atoms with E-state index in [4.69, 9.17) is 4.42 Å². The lowest BCUT2D eigenvalue weighted by atomic mass is 9.75. The normalized spacial score (nSPS) is 27.0. The smallest absolute Gasteiger partial charge is 0.287 e. The molecule has 0 saturated carbocycles. The second kappa shape index (κ2) is 6.10. The molecule has 1 aromatic heterocycles. The van der Waals surface area contributed by atoms with Crippen LogP contribution in [0, 0.1) is 12.3 Å². The van der Waals surface area contributed by atoms with Crippen LogP contribution < -0.4 is 10.6 Å². The summed E-state index contributed by atoms with van der Waals surface area (Å²) in [5.74, 6) is 0.992. The van der Waals surface area contributed by atoms with Crippen LogP contribution >= 0.6 is 0 Å². The van der Waals surface area contributed by atoms with Gasteiger partial charge in [0.05, 0.1) is 17.2 Å². The number of aliphatic hydroxyl groups is 1. The molecule has 0 aromatic carbocycles. The maximum absolute atomic E-state index is 12.9. The zero-order chi connectivity index (χ0) is 19.5. The maximum Gasteiger partial charge on any atom is 0.287 e. The number of hydrogen-bond donors (Lipinski definition) is 3. The quantitative estimate of drug-likeness (QED) is 0.756. The third-order valence-corrected chi connectivity index (χ3v) is 5.86. The number of aliphatic hydroxyl groups excluding tert-OH is 1. The van der Waals surface area contributed by atoms with Gasteiger partial charge in [-0.1, -0.05) is 13.8 Å². The highest BCUT2D eigenvalue weighted by atomic mass is 16.4. The van der Waals surface area contributed by atoms with E-state index in [1.165, 1.54) is 0 Å². The molecule has 5 heteroatoms. The van der Waals surface area contributed by atoms with Crippen molar-refractivity contribution in [2.75, 3.05) is 0 Å². The van der Waals surface area contributed by atoms with Crippen molar-refractivity contribution in [1.29, 1.82) is 0 Å². The summed E-state index contributed by atoms with van der Waals surface area (Å²) in [5, 5.41) is 16.1. The molecule has 0 spiro atoms. The second-order valence-corrected chi connectivity index (χ2v) is 10.7. The van der Waals surface area contributed by atoms with Crippen LogP contribution in [0.5, 0.6) is 0 Å². The molecule has 1 amide bonds. The monoisotopic (exact) mass is 363 g/mol. The van der Waals surface area contributed by atoms with Crippen LogP contribution in [0.2, 0.25) is 0 Å². The second-order valence-electron chi connectivity index (χ2n) is 10.7. The molecule has 4 N–H and O–H groups in total. The lowest BCUT2D eigenvalue weighted by Crippen LogP contribution is -3.06. The van der Waals surface area contributed by atoms with E-state index in [1.807, 2.05) is 6.92 Å². The Morgan fingerprint density at radius 3 is 2.27 bits per heavy atom. The summed E-state index contributed by atoms with van der Waals surface area (Å²) < 4.78 is 5.97. The van der Waals surface area contributed by atoms with Crippen molar-refractivity contribution in [3.8, 4) is 0 Å². The van der Waals surface area contributed by atoms with Crippen LogP contribution in [-0.2, 0) is 6.42 Å². The van der Waals surface area contributed by atoms with Gasteiger partial charge in [-0.3, -0.25) is 4.79 Å². The number of piperidine rings is 1. The first kappa shape index (κ1) is 19.4. The Morgan fingerprint density at radius 2 is 1.69 bits per heavy atom. The lowest BCUT2D eigenvalue weighted by Gasteiger charge is -2.43. The predicted molar refractivity (Wildman–Crippen MR) is 101 cm³/mol. The fourth-order valence-electron chi connectivity index (χ4n) is 5.37. The molecular formula is C21H35N2O3+. The third kappa shape index (κ3) is 3.84. The van der Waals surface area contributed by atoms with E-state index in [0.29, 0.717) is 12.2 Å². The minimum absolute atomic E-state index is 0.0162. The molecule has 26 heavy (non-hydrogen) atoms. The summed E-state index contributed by atoms with van der Waals surface area (Å²) in [6, 6.07) is 0.125. The number of amides is 1. The van der Waals surface area contributed by atoms with Crippen molar-refractivity contribution in [2.24, 2.45) is 5.41 Å². The Bertz CT molecular complexity index is 699. The number of fused-ring (bicyclic) bond motifs is 1. The maximum atomic E-state index is 12.9. The molecule has 146 valence electrons. The van der Waals surface area contributed by atoms with Crippen LogP contribution in [0.4, 0.5) is 0 Å². The molecule has 0 radical (unpaired) electrons. The van der Waals surface area contributed by atoms with Crippen molar-refractivity contribution < 1.29 is 19.6 Å². The first-order valence-electron chi connectivity index (χ1n) is 9.77. The molecule has 2 heterocycles. The highest BCUT2D eigenvalue weighted by molar-refractivity contribution is 5.93. The SMILES string of the molecule is Cc1c(C(=O)NC2CC(C)(C)[NH2+]C(C)(C)C2)oc2c1[C@@H](O)CC(C)(C)C2. The van der Waals surface area contributed by atoms with Crippen LogP contribution in [0.3, 0.4) is 0 Å². The Balaban J connectivity index is 1.81. The number of nitrogens with two attached hydrogens (primary N) is 1. The minimum Gasteiger partial charge on any atom is -0.455 e. The minimum atomic E-state index is -0.554. The molecule has 0 bridgehead atoms. The first-order valence-corrected chi connectivity index (χ1v) is 9.77. The molecular weight excluding hydrogens is 328 g/mol. The number of carbonyl (C=O) groups excluding carboxylic acids is 1. The number of hydrogen-bond acceptors (Lipinski definition) is 3. The number of nitrogens with one attached hydrogen (secondary N) is 1. The molecule has 1 atom stereocenters. The number of rotatable bonds is 2. The van der Waals surface area contributed by atoms with E-state index in [0.717, 1.165) is 36.1 Å². The zero-order valence-electron chi connectivity index (χ0n) is 17.3. The van der Waals surface area contributed by atoms with Gasteiger partial charge in [-0.25, -0.2) is 0 Å². The van der Waals surface area contributed by atoms with Crippen LogP contribution in [0.25, 0.3) is 0 Å². The van der Waals surface area contributed by atoms with Gasteiger partial charge in [0.15, 0.2) is 5.76 Å². The molecule has 5 nitrogen and oxygen atoms in total. The fourth-order valence-corrected chi connectivity index (χ4v) is 5.37. The van der Waals surface area contributed by atoms with Crippen molar-refractivity contribution in [2.45, 2.75) is 97.4 Å². The molecule has 1 saturated heterocycles. The lowest BCUT2D eigenvalue weighted by molar-refractivity contribution is -0.787. The zero-order valence-corrected chi connectivity index (χ0v) is 17.3. The van der Waals surface area contributed by atoms with Gasteiger partial charge < -0.3 is 20.2 Å². The largest absolute Gasteiger partial charge is 0.455 e. The molecule has 2 aliphatic rings. The number of carbonyl (C=O) groups is 1. The van der Waals surface area contributed by atoms with Gasteiger partial charge >= 0.3 is 0 Å². The standard InChI is InChI=1S/C21H34N2O3/c1-12-16-14(24)10-19(2,3)11-15(16)26-17(12)18(25)22-13-8-20(4,5)23-21(6,7)9-13/h13-14,23-24H,8-11H2,1-7H3,(H,22,25)/p+1/t14-/m0/s1. The highest BCUT2D eigenvalue weighted by Crippen LogP contribution is 2.44. The van der Waals surface area contributed by atoms with Gasteiger partial charge in [-0.15, -0.1) is 0 Å². The average Bonchev–Trinajstić information content (AvgIpc) is 2.70. The van der Waals surface area contributed by atoms with E-state index >= 15 is 0 Å². The fraction of sp³-hybridized carbons (Fsp3) is 0.762. The predicted octanol–water partition coefficient (Wildman–Crippen LogP) is 2.61. The molecule has 1 fully saturated rings. The molecule has 1 aliphatic carbocycles. The van der Waals surface area contributed by atoms with E-state index in [-0.39, 0.29) is 28.4 Å². The van der Waals surface area contributed by atoms with Gasteiger partial charge in [-0.2, -0.15) is 0 Å². The van der Waals surface area contributed by atoms with Gasteiger partial charge in [0.25, 0.3) is 5.91 Å². The van der Waals surface area contributed by atoms with Gasteiger partial charge in [0, 0.05) is 36.4 Å². The highest BCUT2D eigenvalue weighted by Gasteiger charge is 2.43. The molecule has 3 rings (SSSR count). The van der Waals surface area contributed by atoms with Gasteiger partial charge in [0.2, 0.25) is 0 Å². The Labute approximate surface area is 156 Å². The van der Waals surface area contributed by atoms with Gasteiger partial charge in [0.1, 0.15) is 5.76 Å². The Kier molecular flexibility index (Phi) is 4.56. The summed E-state index contributed by atoms with van der Waals surface area (Å²) in [5.41, 5.74) is 1.79. The first-order chi connectivity index (χ1) is 11.8. The topological polar surface area (TPSA) is 79.1 Å². The molecule has 0 unspecified atom stereocenters. The van der Waals surface area contributed by atoms with Gasteiger partial charge in [-0.05, 0) is 46.5 Å². The van der Waals surface area contributed by atoms with E-state index in [2.05, 4.69) is 52.2 Å². The van der Waals surface area contributed by atoms with E-state index in [1.54, 1.807) is 0 Å². The Morgan fingerprint density at radius 1 is 1.12 bits per heavy atom. The third-order valence-electron chi connectivity index (χ3n) is 5.86. The van der Waals surface area contributed by atoms with Crippen LogP contribution in [0.1, 0.15) is 94.4 Å². The summed E-state index contributed by atoms with van der Waals surface area (Å²) in [6.07, 6.45) is 2.75. The number of furan rings is 1. The summed E-state index contributed by atoms with van der Waals surface area (Å²) in [6.45, 7) is 15.0. The van der Waals surface area contributed by atoms with Crippen molar-refractivity contribution in [3.63, 3.8) is 0 Å². The van der Waals surface area contributed by atoms with Crippen molar-refractivity contribution in [1.82, 2.24) is 5.32 Å². The average molecular weight is 364 g/mol. The Hall–Kier alpha value is -1.33. The van der Waals surface area contributed by atoms with E-state index in [9.17, 15) is 9.90 Å². The molecule has 1 aliphatic heterocycles.